The fourth-order valence-electron chi connectivity index (χ4n) is 3.42. The Morgan fingerprint density at radius 3 is 2.19 bits per heavy atom. The van der Waals surface area contributed by atoms with Crippen LogP contribution < -0.4 is 5.32 Å². The molecule has 1 heterocycles. The Labute approximate surface area is 190 Å². The lowest BCUT2D eigenvalue weighted by molar-refractivity contribution is -0.159. The van der Waals surface area contributed by atoms with Crippen LogP contribution in [0.15, 0.2) is 48.5 Å². The average molecular weight is 465 g/mol. The number of amides is 1. The first-order valence-corrected chi connectivity index (χ1v) is 10.5. The van der Waals surface area contributed by atoms with Gasteiger partial charge in [-0.2, -0.15) is 0 Å². The Morgan fingerprint density at radius 2 is 1.66 bits per heavy atom. The van der Waals surface area contributed by atoms with Crippen molar-refractivity contribution in [2.45, 2.75) is 32.4 Å². The lowest BCUT2D eigenvalue weighted by Crippen LogP contribution is -2.41. The summed E-state index contributed by atoms with van der Waals surface area (Å²) in [5.41, 5.74) is 1.64. The molecule has 2 aromatic rings. The highest BCUT2D eigenvalue weighted by atomic mass is 35.5. The molecule has 32 heavy (non-hydrogen) atoms. The van der Waals surface area contributed by atoms with E-state index in [1.807, 2.05) is 37.3 Å². The van der Waals surface area contributed by atoms with Crippen LogP contribution in [0.5, 0.6) is 0 Å². The summed E-state index contributed by atoms with van der Waals surface area (Å²) >= 11 is 6.11. The second-order valence-corrected chi connectivity index (χ2v) is 7.91. The lowest BCUT2D eigenvalue weighted by Gasteiger charge is -2.32. The van der Waals surface area contributed by atoms with Crippen LogP contribution >= 0.6 is 11.6 Å². The summed E-state index contributed by atoms with van der Waals surface area (Å²) < 4.78 is 13.9. The number of carboxylic acids is 2. The van der Waals surface area contributed by atoms with E-state index in [0.29, 0.717) is 17.1 Å². The molecule has 1 fully saturated rings. The van der Waals surface area contributed by atoms with Gasteiger partial charge >= 0.3 is 11.9 Å². The summed E-state index contributed by atoms with van der Waals surface area (Å²) in [6, 6.07) is 14.7. The molecule has 0 spiro atoms. The quantitative estimate of drug-likeness (QED) is 0.582. The molecule has 3 N–H and O–H groups in total. The van der Waals surface area contributed by atoms with E-state index in [4.69, 9.17) is 31.4 Å². The standard InChI is InChI=1S/C21H24ClFN2O.C2H2O4/c1-15(16-6-3-2-4-7-16)24-21(26)17-10-12-25(13-11-17)14-18-19(22)8-5-9-20(18)23;3-1(4)2(5)6/h2-9,15,17H,10-14H2,1H3,(H,24,26);(H,3,4)(H,5,6). The van der Waals surface area contributed by atoms with Gasteiger partial charge in [0, 0.05) is 23.0 Å². The van der Waals surface area contributed by atoms with Crippen LogP contribution in [0.3, 0.4) is 0 Å². The molecule has 1 aliphatic rings. The maximum atomic E-state index is 13.9. The molecule has 0 radical (unpaired) electrons. The molecule has 1 unspecified atom stereocenters. The Kier molecular flexibility index (Phi) is 9.61. The molecule has 3 rings (SSSR count). The summed E-state index contributed by atoms with van der Waals surface area (Å²) in [7, 11) is 0. The number of rotatable bonds is 5. The van der Waals surface area contributed by atoms with E-state index in [0.717, 1.165) is 31.5 Å². The van der Waals surface area contributed by atoms with Crippen LogP contribution in [0.4, 0.5) is 4.39 Å². The van der Waals surface area contributed by atoms with Crippen LogP contribution in [-0.4, -0.2) is 46.0 Å². The highest BCUT2D eigenvalue weighted by molar-refractivity contribution is 6.31. The number of halogens is 2. The van der Waals surface area contributed by atoms with Crippen LogP contribution in [0.2, 0.25) is 5.02 Å². The third kappa shape index (κ3) is 7.62. The van der Waals surface area contributed by atoms with E-state index in [-0.39, 0.29) is 23.7 Å². The van der Waals surface area contributed by atoms with Crippen molar-refractivity contribution in [3.05, 3.63) is 70.5 Å². The van der Waals surface area contributed by atoms with Gasteiger partial charge in [-0.25, -0.2) is 14.0 Å². The molecule has 0 aromatic heterocycles. The second-order valence-electron chi connectivity index (χ2n) is 7.50. The van der Waals surface area contributed by atoms with Gasteiger partial charge < -0.3 is 15.5 Å². The minimum atomic E-state index is -1.82. The van der Waals surface area contributed by atoms with Crippen molar-refractivity contribution >= 4 is 29.4 Å². The molecule has 172 valence electrons. The number of benzene rings is 2. The van der Waals surface area contributed by atoms with Gasteiger partial charge in [-0.1, -0.05) is 48.0 Å². The van der Waals surface area contributed by atoms with Crippen molar-refractivity contribution in [3.8, 4) is 0 Å². The lowest BCUT2D eigenvalue weighted by atomic mass is 9.95. The average Bonchev–Trinajstić information content (AvgIpc) is 2.77. The maximum absolute atomic E-state index is 13.9. The highest BCUT2D eigenvalue weighted by Gasteiger charge is 2.26. The number of aliphatic carboxylic acids is 2. The van der Waals surface area contributed by atoms with Crippen molar-refractivity contribution in [1.29, 1.82) is 0 Å². The van der Waals surface area contributed by atoms with Gasteiger partial charge in [0.2, 0.25) is 5.91 Å². The summed E-state index contributed by atoms with van der Waals surface area (Å²) in [4.78, 5) is 32.9. The van der Waals surface area contributed by atoms with Gasteiger partial charge in [0.25, 0.3) is 0 Å². The topological polar surface area (TPSA) is 107 Å². The van der Waals surface area contributed by atoms with E-state index in [2.05, 4.69) is 10.2 Å². The van der Waals surface area contributed by atoms with E-state index in [1.54, 1.807) is 12.1 Å². The second kappa shape index (κ2) is 12.2. The van der Waals surface area contributed by atoms with Gasteiger partial charge in [-0.15, -0.1) is 0 Å². The minimum absolute atomic E-state index is 0.000971. The van der Waals surface area contributed by atoms with Gasteiger partial charge in [0.1, 0.15) is 5.82 Å². The summed E-state index contributed by atoms with van der Waals surface area (Å²) in [6.07, 6.45) is 1.55. The van der Waals surface area contributed by atoms with E-state index in [1.165, 1.54) is 6.07 Å². The largest absolute Gasteiger partial charge is 0.473 e. The summed E-state index contributed by atoms with van der Waals surface area (Å²) in [5.74, 6) is -3.81. The number of nitrogens with one attached hydrogen (secondary N) is 1. The Morgan fingerprint density at radius 1 is 1.06 bits per heavy atom. The smallest absolute Gasteiger partial charge is 0.414 e. The molecule has 2 aromatic carbocycles. The molecular weight excluding hydrogens is 439 g/mol. The summed E-state index contributed by atoms with van der Waals surface area (Å²) in [5, 5.41) is 18.4. The number of carbonyl (C=O) groups excluding carboxylic acids is 1. The van der Waals surface area contributed by atoms with Gasteiger partial charge in [0.05, 0.1) is 6.04 Å². The first-order valence-electron chi connectivity index (χ1n) is 10.2. The number of carboxylic acid groups (broad SMARTS) is 2. The van der Waals surface area contributed by atoms with Crippen molar-refractivity contribution in [1.82, 2.24) is 10.2 Å². The number of carbonyl (C=O) groups is 3. The predicted molar refractivity (Wildman–Crippen MR) is 118 cm³/mol. The fourth-order valence-corrected chi connectivity index (χ4v) is 3.64. The normalized spacial score (nSPS) is 15.2. The van der Waals surface area contributed by atoms with Gasteiger partial charge in [-0.05, 0) is 50.6 Å². The minimum Gasteiger partial charge on any atom is -0.473 e. The van der Waals surface area contributed by atoms with Crippen LogP contribution in [-0.2, 0) is 20.9 Å². The number of piperidine rings is 1. The first-order chi connectivity index (χ1) is 15.2. The predicted octanol–water partition coefficient (Wildman–Crippen LogP) is 3.72. The third-order valence-electron chi connectivity index (χ3n) is 5.24. The molecule has 7 nitrogen and oxygen atoms in total. The Hall–Kier alpha value is -2.97. The van der Waals surface area contributed by atoms with E-state index < -0.39 is 11.9 Å². The molecule has 1 saturated heterocycles. The van der Waals surface area contributed by atoms with E-state index >= 15 is 0 Å². The summed E-state index contributed by atoms with van der Waals surface area (Å²) in [6.45, 7) is 4.02. The molecule has 0 bridgehead atoms. The van der Waals surface area contributed by atoms with Crippen LogP contribution in [0, 0.1) is 11.7 Å². The Bertz CT molecular complexity index is 901. The molecule has 1 atom stereocenters. The zero-order chi connectivity index (χ0) is 23.7. The number of nitrogens with zero attached hydrogens (tertiary/aromatic N) is 1. The number of likely N-dealkylation sites (tertiary alicyclic amines) is 1. The first kappa shape index (κ1) is 25.3. The van der Waals surface area contributed by atoms with E-state index in [9.17, 15) is 9.18 Å². The molecule has 1 amide bonds. The van der Waals surface area contributed by atoms with Crippen LogP contribution in [0.1, 0.15) is 36.9 Å². The fraction of sp³-hybridized carbons (Fsp3) is 0.348. The highest BCUT2D eigenvalue weighted by Crippen LogP contribution is 2.25. The van der Waals surface area contributed by atoms with Gasteiger partial charge in [0.15, 0.2) is 0 Å². The molecular formula is C23H26ClFN2O5. The maximum Gasteiger partial charge on any atom is 0.414 e. The van der Waals surface area contributed by atoms with Crippen molar-refractivity contribution < 1.29 is 29.0 Å². The van der Waals surface area contributed by atoms with Crippen molar-refractivity contribution in [2.24, 2.45) is 5.92 Å². The zero-order valence-corrected chi connectivity index (χ0v) is 18.4. The molecule has 1 aliphatic heterocycles. The third-order valence-corrected chi connectivity index (χ3v) is 5.60. The molecule has 9 heteroatoms. The zero-order valence-electron chi connectivity index (χ0n) is 17.6. The monoisotopic (exact) mass is 464 g/mol. The molecule has 0 saturated carbocycles. The van der Waals surface area contributed by atoms with Crippen molar-refractivity contribution in [2.75, 3.05) is 13.1 Å². The van der Waals surface area contributed by atoms with Crippen molar-refractivity contribution in [3.63, 3.8) is 0 Å². The molecule has 0 aliphatic carbocycles. The Balaban J connectivity index is 0.000000534. The van der Waals surface area contributed by atoms with Crippen LogP contribution in [0.25, 0.3) is 0 Å². The van der Waals surface area contributed by atoms with Gasteiger partial charge in [-0.3, -0.25) is 9.69 Å². The number of hydrogen-bond acceptors (Lipinski definition) is 4. The SMILES string of the molecule is CC(NC(=O)C1CCN(Cc2c(F)cccc2Cl)CC1)c1ccccc1.O=C(O)C(=O)O. The number of hydrogen-bond donors (Lipinski definition) is 3.